The van der Waals surface area contributed by atoms with Crippen molar-refractivity contribution in [2.75, 3.05) is 6.61 Å². The third-order valence-electron chi connectivity index (χ3n) is 2.14. The fourth-order valence-electron chi connectivity index (χ4n) is 1.30. The highest BCUT2D eigenvalue weighted by molar-refractivity contribution is 6.34. The molecule has 5 heteroatoms. The second kappa shape index (κ2) is 6.03. The van der Waals surface area contributed by atoms with Crippen LogP contribution in [0, 0.1) is 0 Å². The molecule has 0 amide bonds. The Morgan fingerprint density at radius 1 is 1.41 bits per heavy atom. The maximum absolute atomic E-state index is 11.6. The SMILES string of the molecule is CCOC(=O)c1cc(C(Cl)C(C)=O)ccc1Cl. The summed E-state index contributed by atoms with van der Waals surface area (Å²) in [6, 6.07) is 4.63. The van der Waals surface area contributed by atoms with Gasteiger partial charge in [0.15, 0.2) is 5.78 Å². The van der Waals surface area contributed by atoms with E-state index in [9.17, 15) is 9.59 Å². The molecule has 1 aromatic carbocycles. The predicted octanol–water partition coefficient (Wildman–Crippen LogP) is 3.39. The molecule has 0 saturated carbocycles. The Kier molecular flexibility index (Phi) is 4.97. The van der Waals surface area contributed by atoms with Crippen molar-refractivity contribution in [2.45, 2.75) is 19.2 Å². The predicted molar refractivity (Wildman–Crippen MR) is 66.7 cm³/mol. The first kappa shape index (κ1) is 14.0. The Hall–Kier alpha value is -1.06. The monoisotopic (exact) mass is 274 g/mol. The average Bonchev–Trinajstić information content (AvgIpc) is 2.28. The van der Waals surface area contributed by atoms with E-state index in [4.69, 9.17) is 27.9 Å². The van der Waals surface area contributed by atoms with E-state index in [-0.39, 0.29) is 23.0 Å². The number of halogens is 2. The summed E-state index contributed by atoms with van der Waals surface area (Å²) >= 11 is 11.8. The average molecular weight is 275 g/mol. The van der Waals surface area contributed by atoms with Crippen LogP contribution in [0.4, 0.5) is 0 Å². The van der Waals surface area contributed by atoms with Gasteiger partial charge in [-0.25, -0.2) is 4.79 Å². The Balaban J connectivity index is 3.10. The number of ether oxygens (including phenoxy) is 1. The standard InChI is InChI=1S/C12H12Cl2O3/c1-3-17-12(16)9-6-8(4-5-10(9)13)11(14)7(2)15/h4-6,11H,3H2,1-2H3. The van der Waals surface area contributed by atoms with Crippen molar-refractivity contribution >= 4 is 35.0 Å². The van der Waals surface area contributed by atoms with E-state index in [1.165, 1.54) is 19.1 Å². The molecule has 0 aromatic heterocycles. The summed E-state index contributed by atoms with van der Waals surface area (Å²) in [5.74, 6) is -0.712. The van der Waals surface area contributed by atoms with Gasteiger partial charge in [0.2, 0.25) is 0 Å². The number of benzene rings is 1. The molecule has 1 atom stereocenters. The molecule has 0 fully saturated rings. The molecule has 1 rings (SSSR count). The quantitative estimate of drug-likeness (QED) is 0.625. The van der Waals surface area contributed by atoms with Gasteiger partial charge in [-0.1, -0.05) is 17.7 Å². The van der Waals surface area contributed by atoms with Crippen molar-refractivity contribution in [1.29, 1.82) is 0 Å². The van der Waals surface area contributed by atoms with Crippen LogP contribution in [0.2, 0.25) is 5.02 Å². The lowest BCUT2D eigenvalue weighted by Crippen LogP contribution is -2.08. The molecule has 1 unspecified atom stereocenters. The number of carbonyl (C=O) groups excluding carboxylic acids is 2. The summed E-state index contributed by atoms with van der Waals surface area (Å²) in [5.41, 5.74) is 0.754. The van der Waals surface area contributed by atoms with E-state index < -0.39 is 11.3 Å². The molecule has 1 aromatic rings. The largest absolute Gasteiger partial charge is 0.462 e. The summed E-state index contributed by atoms with van der Waals surface area (Å²) in [6.07, 6.45) is 0. The molecule has 0 aliphatic heterocycles. The Morgan fingerprint density at radius 2 is 2.06 bits per heavy atom. The lowest BCUT2D eigenvalue weighted by atomic mass is 10.1. The van der Waals surface area contributed by atoms with Crippen molar-refractivity contribution in [3.8, 4) is 0 Å². The van der Waals surface area contributed by atoms with Crippen LogP contribution in [0.25, 0.3) is 0 Å². The number of Topliss-reactive ketones (excluding diaryl/α,β-unsaturated/α-hetero) is 1. The minimum atomic E-state index is -0.777. The molecule has 0 saturated heterocycles. The van der Waals surface area contributed by atoms with Crippen LogP contribution < -0.4 is 0 Å². The maximum Gasteiger partial charge on any atom is 0.339 e. The fraction of sp³-hybridized carbons (Fsp3) is 0.333. The van der Waals surface area contributed by atoms with Crippen molar-refractivity contribution in [1.82, 2.24) is 0 Å². The van der Waals surface area contributed by atoms with Gasteiger partial charge in [0.1, 0.15) is 5.38 Å². The third kappa shape index (κ3) is 3.45. The van der Waals surface area contributed by atoms with E-state index in [0.29, 0.717) is 5.56 Å². The van der Waals surface area contributed by atoms with Gasteiger partial charge in [-0.3, -0.25) is 4.79 Å². The van der Waals surface area contributed by atoms with Crippen LogP contribution in [-0.4, -0.2) is 18.4 Å². The smallest absolute Gasteiger partial charge is 0.339 e. The van der Waals surface area contributed by atoms with Gasteiger partial charge in [0.05, 0.1) is 17.2 Å². The minimum absolute atomic E-state index is 0.191. The van der Waals surface area contributed by atoms with Crippen LogP contribution in [0.3, 0.4) is 0 Å². The van der Waals surface area contributed by atoms with E-state index >= 15 is 0 Å². The molecule has 17 heavy (non-hydrogen) atoms. The Bertz CT molecular complexity index is 443. The van der Waals surface area contributed by atoms with Crippen molar-refractivity contribution in [2.24, 2.45) is 0 Å². The van der Waals surface area contributed by atoms with E-state index in [1.54, 1.807) is 13.0 Å². The normalized spacial score (nSPS) is 12.0. The van der Waals surface area contributed by atoms with Gasteiger partial charge in [-0.2, -0.15) is 0 Å². The maximum atomic E-state index is 11.6. The number of hydrogen-bond acceptors (Lipinski definition) is 3. The summed E-state index contributed by atoms with van der Waals surface area (Å²) in [7, 11) is 0. The van der Waals surface area contributed by atoms with Crippen LogP contribution in [0.5, 0.6) is 0 Å². The molecule has 0 heterocycles. The van der Waals surface area contributed by atoms with Gasteiger partial charge in [0, 0.05) is 0 Å². The van der Waals surface area contributed by atoms with E-state index in [2.05, 4.69) is 0 Å². The zero-order chi connectivity index (χ0) is 13.0. The van der Waals surface area contributed by atoms with Gasteiger partial charge in [-0.15, -0.1) is 11.6 Å². The first-order chi connectivity index (χ1) is 7.97. The Labute approximate surface area is 110 Å². The molecule has 0 aliphatic carbocycles. The zero-order valence-corrected chi connectivity index (χ0v) is 11.0. The molecular weight excluding hydrogens is 263 g/mol. The fourth-order valence-corrected chi connectivity index (χ4v) is 1.63. The summed E-state index contributed by atoms with van der Waals surface area (Å²) in [5, 5.41) is -0.500. The van der Waals surface area contributed by atoms with Gasteiger partial charge >= 0.3 is 5.97 Å². The molecule has 0 radical (unpaired) electrons. The van der Waals surface area contributed by atoms with Gasteiger partial charge < -0.3 is 4.74 Å². The lowest BCUT2D eigenvalue weighted by Gasteiger charge is -2.09. The second-order valence-corrected chi connectivity index (χ2v) is 4.28. The number of hydrogen-bond donors (Lipinski definition) is 0. The number of rotatable bonds is 4. The number of esters is 1. The molecule has 3 nitrogen and oxygen atoms in total. The van der Waals surface area contributed by atoms with E-state index in [0.717, 1.165) is 0 Å². The highest BCUT2D eigenvalue weighted by atomic mass is 35.5. The first-order valence-electron chi connectivity index (χ1n) is 5.08. The molecular formula is C12H12Cl2O3. The third-order valence-corrected chi connectivity index (χ3v) is 3.02. The molecule has 92 valence electrons. The van der Waals surface area contributed by atoms with Crippen LogP contribution in [-0.2, 0) is 9.53 Å². The van der Waals surface area contributed by atoms with Gasteiger partial charge in [0.25, 0.3) is 0 Å². The van der Waals surface area contributed by atoms with Crippen LogP contribution in [0.15, 0.2) is 18.2 Å². The highest BCUT2D eigenvalue weighted by Gasteiger charge is 2.18. The van der Waals surface area contributed by atoms with Crippen LogP contribution in [0.1, 0.15) is 35.1 Å². The number of ketones is 1. The van der Waals surface area contributed by atoms with Crippen molar-refractivity contribution in [3.63, 3.8) is 0 Å². The number of carbonyl (C=O) groups is 2. The zero-order valence-electron chi connectivity index (χ0n) is 9.50. The summed E-state index contributed by atoms with van der Waals surface area (Å²) in [4.78, 5) is 22.7. The lowest BCUT2D eigenvalue weighted by molar-refractivity contribution is -0.116. The molecule has 0 N–H and O–H groups in total. The van der Waals surface area contributed by atoms with E-state index in [1.807, 2.05) is 0 Å². The van der Waals surface area contributed by atoms with Crippen molar-refractivity contribution < 1.29 is 14.3 Å². The number of alkyl halides is 1. The summed E-state index contributed by atoms with van der Waals surface area (Å²) < 4.78 is 4.85. The van der Waals surface area contributed by atoms with Crippen LogP contribution >= 0.6 is 23.2 Å². The summed E-state index contributed by atoms with van der Waals surface area (Å²) in [6.45, 7) is 3.35. The van der Waals surface area contributed by atoms with Gasteiger partial charge in [-0.05, 0) is 31.5 Å². The highest BCUT2D eigenvalue weighted by Crippen LogP contribution is 2.26. The van der Waals surface area contributed by atoms with Crippen molar-refractivity contribution in [3.05, 3.63) is 34.3 Å². The minimum Gasteiger partial charge on any atom is -0.462 e. The second-order valence-electron chi connectivity index (χ2n) is 3.43. The molecule has 0 spiro atoms. The Morgan fingerprint density at radius 3 is 2.59 bits per heavy atom. The molecule has 0 aliphatic rings. The topological polar surface area (TPSA) is 43.4 Å². The molecule has 0 bridgehead atoms. The first-order valence-corrected chi connectivity index (χ1v) is 5.90.